The normalized spacial score (nSPS) is 12.1. The number of rotatable bonds is 8. The maximum Gasteiger partial charge on any atom is 0.263 e. The van der Waals surface area contributed by atoms with E-state index >= 15 is 0 Å². The van der Waals surface area contributed by atoms with Gasteiger partial charge in [0.2, 0.25) is 0 Å². The molecule has 1 amide bonds. The molecule has 0 aliphatic heterocycles. The van der Waals surface area contributed by atoms with Gasteiger partial charge < -0.3 is 14.8 Å². The molecular formula is C20H28N2O3S. The number of carbonyl (C=O) groups is 1. The van der Waals surface area contributed by atoms with Gasteiger partial charge >= 0.3 is 0 Å². The summed E-state index contributed by atoms with van der Waals surface area (Å²) in [5, 5.41) is 4.06. The molecule has 1 unspecified atom stereocenters. The van der Waals surface area contributed by atoms with Gasteiger partial charge in [0, 0.05) is 0 Å². The first-order valence-corrected chi connectivity index (χ1v) is 9.83. The van der Waals surface area contributed by atoms with E-state index in [0.717, 1.165) is 22.0 Å². The van der Waals surface area contributed by atoms with Gasteiger partial charge in [-0.3, -0.25) is 4.79 Å². The van der Waals surface area contributed by atoms with Crippen molar-refractivity contribution in [3.05, 3.63) is 39.3 Å². The van der Waals surface area contributed by atoms with Gasteiger partial charge in [-0.05, 0) is 51.3 Å². The minimum Gasteiger partial charge on any atom is -0.490 e. The van der Waals surface area contributed by atoms with Crippen LogP contribution >= 0.6 is 11.3 Å². The lowest BCUT2D eigenvalue weighted by Gasteiger charge is -2.24. The zero-order valence-electron chi connectivity index (χ0n) is 16.4. The summed E-state index contributed by atoms with van der Waals surface area (Å²) in [5.74, 6) is 1.57. The third kappa shape index (κ3) is 4.75. The predicted molar refractivity (Wildman–Crippen MR) is 105 cm³/mol. The van der Waals surface area contributed by atoms with Crippen molar-refractivity contribution >= 4 is 17.2 Å². The van der Waals surface area contributed by atoms with Crippen molar-refractivity contribution in [1.82, 2.24) is 10.3 Å². The summed E-state index contributed by atoms with van der Waals surface area (Å²) in [5.41, 5.74) is 1.77. The number of aryl methyl sites for hydroxylation is 2. The lowest BCUT2D eigenvalue weighted by molar-refractivity contribution is 0.0929. The fourth-order valence-corrected chi connectivity index (χ4v) is 3.67. The van der Waals surface area contributed by atoms with Gasteiger partial charge in [-0.2, -0.15) is 0 Å². The number of nitrogens with one attached hydrogen (secondary N) is 1. The first kappa shape index (κ1) is 20.2. The average molecular weight is 377 g/mol. The summed E-state index contributed by atoms with van der Waals surface area (Å²) >= 11 is 1.42. The Morgan fingerprint density at radius 2 is 1.81 bits per heavy atom. The summed E-state index contributed by atoms with van der Waals surface area (Å²) in [7, 11) is 0. The highest BCUT2D eigenvalue weighted by Crippen LogP contribution is 2.33. The van der Waals surface area contributed by atoms with Crippen molar-refractivity contribution in [2.45, 2.75) is 47.6 Å². The van der Waals surface area contributed by atoms with E-state index in [0.29, 0.717) is 23.8 Å². The molecule has 0 aliphatic rings. The van der Waals surface area contributed by atoms with Crippen LogP contribution in [0.25, 0.3) is 0 Å². The number of aromatic nitrogens is 1. The topological polar surface area (TPSA) is 60.5 Å². The minimum atomic E-state index is -0.126. The summed E-state index contributed by atoms with van der Waals surface area (Å²) in [4.78, 5) is 17.8. The maximum absolute atomic E-state index is 12.8. The molecule has 1 atom stereocenters. The number of amides is 1. The third-order valence-electron chi connectivity index (χ3n) is 3.99. The molecule has 26 heavy (non-hydrogen) atoms. The van der Waals surface area contributed by atoms with Crippen molar-refractivity contribution in [2.75, 3.05) is 13.2 Å². The predicted octanol–water partition coefficient (Wildman–Crippen LogP) is 4.68. The molecule has 0 bridgehead atoms. The van der Waals surface area contributed by atoms with Crippen LogP contribution in [0.5, 0.6) is 11.5 Å². The van der Waals surface area contributed by atoms with E-state index in [9.17, 15) is 4.79 Å². The Morgan fingerprint density at radius 1 is 1.15 bits per heavy atom. The van der Waals surface area contributed by atoms with Gasteiger partial charge in [0.1, 0.15) is 4.88 Å². The highest BCUT2D eigenvalue weighted by molar-refractivity contribution is 7.13. The van der Waals surface area contributed by atoms with E-state index in [1.165, 1.54) is 11.3 Å². The van der Waals surface area contributed by atoms with Crippen LogP contribution in [0.2, 0.25) is 0 Å². The smallest absolute Gasteiger partial charge is 0.263 e. The van der Waals surface area contributed by atoms with Gasteiger partial charge in [-0.25, -0.2) is 4.98 Å². The van der Waals surface area contributed by atoms with E-state index < -0.39 is 0 Å². The highest BCUT2D eigenvalue weighted by Gasteiger charge is 2.23. The molecule has 5 nitrogen and oxygen atoms in total. The lowest BCUT2D eigenvalue weighted by Crippen LogP contribution is -2.31. The molecule has 2 aromatic rings. The zero-order chi connectivity index (χ0) is 19.3. The van der Waals surface area contributed by atoms with E-state index in [4.69, 9.17) is 9.47 Å². The number of hydrogen-bond acceptors (Lipinski definition) is 5. The van der Waals surface area contributed by atoms with Crippen LogP contribution in [0.1, 0.15) is 59.7 Å². The molecule has 6 heteroatoms. The Kier molecular flexibility index (Phi) is 7.03. The molecule has 1 aromatic carbocycles. The molecule has 1 N–H and O–H groups in total. The Hall–Kier alpha value is -2.08. The second-order valence-electron chi connectivity index (χ2n) is 6.41. The molecule has 0 fully saturated rings. The Bertz CT molecular complexity index is 756. The van der Waals surface area contributed by atoms with Crippen LogP contribution in [0.4, 0.5) is 0 Å². The molecule has 0 saturated heterocycles. The fourth-order valence-electron chi connectivity index (χ4n) is 2.84. The molecule has 1 aromatic heterocycles. The van der Waals surface area contributed by atoms with Gasteiger partial charge in [0.25, 0.3) is 5.91 Å². The molecule has 0 spiro atoms. The molecule has 0 radical (unpaired) electrons. The number of hydrogen-bond donors (Lipinski definition) is 1. The number of thiazole rings is 1. The largest absolute Gasteiger partial charge is 0.490 e. The molecule has 0 aliphatic carbocycles. The van der Waals surface area contributed by atoms with Crippen LogP contribution in [-0.4, -0.2) is 24.1 Å². The average Bonchev–Trinajstić information content (AvgIpc) is 2.93. The van der Waals surface area contributed by atoms with Gasteiger partial charge in [0.15, 0.2) is 11.5 Å². The number of carbonyl (C=O) groups excluding carboxylic acids is 1. The van der Waals surface area contributed by atoms with Crippen LogP contribution in [0, 0.1) is 19.8 Å². The van der Waals surface area contributed by atoms with E-state index in [-0.39, 0.29) is 17.9 Å². The lowest BCUT2D eigenvalue weighted by atomic mass is 9.95. The first-order chi connectivity index (χ1) is 12.4. The van der Waals surface area contributed by atoms with Gasteiger partial charge in [0.05, 0.1) is 30.0 Å². The van der Waals surface area contributed by atoms with Crippen molar-refractivity contribution in [1.29, 1.82) is 0 Å². The Labute approximate surface area is 159 Å². The van der Waals surface area contributed by atoms with Gasteiger partial charge in [-0.15, -0.1) is 11.3 Å². The van der Waals surface area contributed by atoms with E-state index in [2.05, 4.69) is 24.1 Å². The minimum absolute atomic E-state index is 0.0846. The van der Waals surface area contributed by atoms with Crippen LogP contribution < -0.4 is 14.8 Å². The van der Waals surface area contributed by atoms with Crippen molar-refractivity contribution < 1.29 is 14.3 Å². The third-order valence-corrected chi connectivity index (χ3v) is 5.06. The number of ether oxygens (including phenoxy) is 2. The van der Waals surface area contributed by atoms with E-state index in [1.807, 2.05) is 45.9 Å². The zero-order valence-corrected chi connectivity index (χ0v) is 17.2. The van der Waals surface area contributed by atoms with Crippen LogP contribution in [-0.2, 0) is 0 Å². The molecule has 142 valence electrons. The quantitative estimate of drug-likeness (QED) is 0.726. The highest BCUT2D eigenvalue weighted by atomic mass is 32.1. The molecule has 2 rings (SSSR count). The second kappa shape index (κ2) is 9.03. The Balaban J connectivity index is 2.30. The maximum atomic E-state index is 12.8. The Morgan fingerprint density at radius 3 is 2.35 bits per heavy atom. The van der Waals surface area contributed by atoms with Crippen molar-refractivity contribution in [3.8, 4) is 11.5 Å². The second-order valence-corrected chi connectivity index (χ2v) is 7.62. The SMILES string of the molecule is CCOc1ccc(C(NC(=O)c2sc(C)nc2C)C(C)C)cc1OCC. The fraction of sp³-hybridized carbons (Fsp3) is 0.500. The molecule has 0 saturated carbocycles. The number of nitrogens with zero attached hydrogens (tertiary/aromatic N) is 1. The summed E-state index contributed by atoms with van der Waals surface area (Å²) in [6.07, 6.45) is 0. The molecular weight excluding hydrogens is 348 g/mol. The molecule has 1 heterocycles. The monoisotopic (exact) mass is 376 g/mol. The summed E-state index contributed by atoms with van der Waals surface area (Å²) < 4.78 is 11.4. The summed E-state index contributed by atoms with van der Waals surface area (Å²) in [6, 6.07) is 5.74. The first-order valence-electron chi connectivity index (χ1n) is 9.01. The van der Waals surface area contributed by atoms with Crippen molar-refractivity contribution in [2.24, 2.45) is 5.92 Å². The van der Waals surface area contributed by atoms with Crippen LogP contribution in [0.15, 0.2) is 18.2 Å². The van der Waals surface area contributed by atoms with E-state index in [1.54, 1.807) is 0 Å². The van der Waals surface area contributed by atoms with Gasteiger partial charge in [-0.1, -0.05) is 19.9 Å². The standard InChI is InChI=1S/C20H28N2O3S/c1-7-24-16-10-9-15(11-17(16)25-8-2)18(12(3)4)22-20(23)19-13(5)21-14(6)26-19/h9-12,18H,7-8H2,1-6H3,(H,22,23). The van der Waals surface area contributed by atoms with Crippen molar-refractivity contribution in [3.63, 3.8) is 0 Å². The number of benzene rings is 1. The van der Waals surface area contributed by atoms with Crippen LogP contribution in [0.3, 0.4) is 0 Å². The summed E-state index contributed by atoms with van der Waals surface area (Å²) in [6.45, 7) is 13.0.